The summed E-state index contributed by atoms with van der Waals surface area (Å²) >= 11 is 12.1. The quantitative estimate of drug-likeness (QED) is 0.795. The van der Waals surface area contributed by atoms with E-state index in [1.165, 1.54) is 0 Å². The molecular formula is C15H22Cl4N4O2. The van der Waals surface area contributed by atoms with Crippen LogP contribution < -0.4 is 10.6 Å². The Kier molecular flexibility index (Phi) is 9.01. The van der Waals surface area contributed by atoms with E-state index in [2.05, 4.69) is 9.88 Å². The predicted octanol–water partition coefficient (Wildman–Crippen LogP) is 2.39. The van der Waals surface area contributed by atoms with Gasteiger partial charge in [0, 0.05) is 38.9 Å². The molecule has 0 aliphatic carbocycles. The van der Waals surface area contributed by atoms with Crippen molar-refractivity contribution < 1.29 is 9.53 Å². The standard InChI is InChI=1S/C15H20Cl2N4O2.2ClH/c16-10-7-12(17)14(19-9-10)20-3-5-21(6-4-20)15(22)13-2-1-11(8-18)23-13;;/h7,9,11,13H,1-6,8,18H2;2*1H/t11-,13+;;/m1../s1. The first-order chi connectivity index (χ1) is 11.1. The van der Waals surface area contributed by atoms with Crippen molar-refractivity contribution in [2.45, 2.75) is 25.0 Å². The number of anilines is 1. The number of piperazine rings is 1. The van der Waals surface area contributed by atoms with E-state index < -0.39 is 0 Å². The summed E-state index contributed by atoms with van der Waals surface area (Å²) in [6.45, 7) is 3.11. The zero-order chi connectivity index (χ0) is 16.4. The molecule has 2 N–H and O–H groups in total. The minimum absolute atomic E-state index is 0. The van der Waals surface area contributed by atoms with Crippen molar-refractivity contribution >= 4 is 59.7 Å². The Morgan fingerprint density at radius 1 is 1.24 bits per heavy atom. The first-order valence-electron chi connectivity index (χ1n) is 7.79. The highest BCUT2D eigenvalue weighted by Crippen LogP contribution is 2.27. The minimum Gasteiger partial charge on any atom is -0.364 e. The van der Waals surface area contributed by atoms with Crippen LogP contribution in [0.1, 0.15) is 12.8 Å². The molecule has 0 radical (unpaired) electrons. The Bertz CT molecular complexity index is 585. The molecule has 2 saturated heterocycles. The lowest BCUT2D eigenvalue weighted by molar-refractivity contribution is -0.143. The number of carbonyl (C=O) groups is 1. The van der Waals surface area contributed by atoms with E-state index in [1.807, 2.05) is 4.90 Å². The number of hydrogen-bond donors (Lipinski definition) is 1. The molecule has 0 bridgehead atoms. The van der Waals surface area contributed by atoms with Crippen LogP contribution in [0.4, 0.5) is 5.82 Å². The van der Waals surface area contributed by atoms with E-state index in [-0.39, 0.29) is 42.9 Å². The fourth-order valence-electron chi connectivity index (χ4n) is 3.04. The second-order valence-electron chi connectivity index (χ2n) is 5.83. The second-order valence-corrected chi connectivity index (χ2v) is 6.67. The zero-order valence-corrected chi connectivity index (χ0v) is 16.7. The molecule has 25 heavy (non-hydrogen) atoms. The number of pyridine rings is 1. The van der Waals surface area contributed by atoms with Crippen LogP contribution in [0.3, 0.4) is 0 Å². The molecule has 0 spiro atoms. The van der Waals surface area contributed by atoms with Gasteiger partial charge in [-0.05, 0) is 18.9 Å². The van der Waals surface area contributed by atoms with Gasteiger partial charge in [-0.3, -0.25) is 4.79 Å². The maximum Gasteiger partial charge on any atom is 0.251 e. The molecule has 10 heteroatoms. The Labute approximate surface area is 169 Å². The van der Waals surface area contributed by atoms with Gasteiger partial charge in [0.1, 0.15) is 11.9 Å². The highest BCUT2D eigenvalue weighted by Gasteiger charge is 2.34. The summed E-state index contributed by atoms with van der Waals surface area (Å²) in [6, 6.07) is 1.68. The van der Waals surface area contributed by atoms with Crippen LogP contribution in [0.5, 0.6) is 0 Å². The molecule has 2 atom stereocenters. The lowest BCUT2D eigenvalue weighted by atomic mass is 10.1. The SMILES string of the molecule is Cl.Cl.NC[C@H]1CC[C@@H](C(=O)N2CCN(c3ncc(Cl)cc3Cl)CC2)O1. The molecule has 3 rings (SSSR count). The lowest BCUT2D eigenvalue weighted by Gasteiger charge is -2.36. The van der Waals surface area contributed by atoms with Gasteiger partial charge < -0.3 is 20.3 Å². The van der Waals surface area contributed by atoms with Gasteiger partial charge in [0.2, 0.25) is 0 Å². The zero-order valence-electron chi connectivity index (χ0n) is 13.6. The fraction of sp³-hybridized carbons (Fsp3) is 0.600. The topological polar surface area (TPSA) is 71.7 Å². The number of rotatable bonds is 3. The minimum atomic E-state index is -0.340. The highest BCUT2D eigenvalue weighted by molar-refractivity contribution is 6.36. The van der Waals surface area contributed by atoms with Crippen molar-refractivity contribution in [1.82, 2.24) is 9.88 Å². The van der Waals surface area contributed by atoms with Gasteiger partial charge >= 0.3 is 0 Å². The Hall–Kier alpha value is -0.500. The molecule has 0 unspecified atom stereocenters. The molecule has 3 heterocycles. The highest BCUT2D eigenvalue weighted by atomic mass is 35.5. The summed E-state index contributed by atoms with van der Waals surface area (Å²) in [5.74, 6) is 0.777. The number of amides is 1. The summed E-state index contributed by atoms with van der Waals surface area (Å²) in [4.78, 5) is 20.7. The number of nitrogens with zero attached hydrogens (tertiary/aromatic N) is 3. The smallest absolute Gasteiger partial charge is 0.251 e. The Morgan fingerprint density at radius 2 is 1.92 bits per heavy atom. The van der Waals surface area contributed by atoms with Gasteiger partial charge in [-0.2, -0.15) is 0 Å². The third kappa shape index (κ3) is 5.25. The first-order valence-corrected chi connectivity index (χ1v) is 8.54. The molecule has 1 aromatic heterocycles. The van der Waals surface area contributed by atoms with Crippen molar-refractivity contribution in [2.75, 3.05) is 37.6 Å². The van der Waals surface area contributed by atoms with E-state index in [0.717, 1.165) is 12.8 Å². The number of carbonyl (C=O) groups excluding carboxylic acids is 1. The van der Waals surface area contributed by atoms with Gasteiger partial charge in [0.25, 0.3) is 5.91 Å². The van der Waals surface area contributed by atoms with E-state index in [9.17, 15) is 4.79 Å². The second kappa shape index (κ2) is 10.00. The molecule has 6 nitrogen and oxygen atoms in total. The predicted molar refractivity (Wildman–Crippen MR) is 104 cm³/mol. The van der Waals surface area contributed by atoms with E-state index in [1.54, 1.807) is 12.3 Å². The van der Waals surface area contributed by atoms with E-state index >= 15 is 0 Å². The maximum atomic E-state index is 12.5. The van der Waals surface area contributed by atoms with Crippen LogP contribution >= 0.6 is 48.0 Å². The number of halogens is 4. The molecule has 2 fully saturated rings. The third-order valence-electron chi connectivity index (χ3n) is 4.33. The third-order valence-corrected chi connectivity index (χ3v) is 4.81. The first kappa shape index (κ1) is 22.5. The van der Waals surface area contributed by atoms with Gasteiger partial charge in [-0.15, -0.1) is 24.8 Å². The maximum absolute atomic E-state index is 12.5. The lowest BCUT2D eigenvalue weighted by Crippen LogP contribution is -2.51. The van der Waals surface area contributed by atoms with Crippen LogP contribution in [-0.4, -0.2) is 60.7 Å². The normalized spacial score (nSPS) is 23.0. The van der Waals surface area contributed by atoms with Crippen LogP contribution in [0.25, 0.3) is 0 Å². The van der Waals surface area contributed by atoms with Crippen LogP contribution in [0.15, 0.2) is 12.3 Å². The number of hydrogen-bond acceptors (Lipinski definition) is 5. The van der Waals surface area contributed by atoms with Crippen LogP contribution in [-0.2, 0) is 9.53 Å². The van der Waals surface area contributed by atoms with Gasteiger partial charge in [-0.1, -0.05) is 23.2 Å². The van der Waals surface area contributed by atoms with Crippen molar-refractivity contribution in [2.24, 2.45) is 5.73 Å². The van der Waals surface area contributed by atoms with Crippen molar-refractivity contribution in [3.05, 3.63) is 22.3 Å². The monoisotopic (exact) mass is 430 g/mol. The molecule has 2 aliphatic heterocycles. The van der Waals surface area contributed by atoms with Gasteiger partial charge in [-0.25, -0.2) is 4.98 Å². The molecule has 1 aromatic rings. The molecule has 142 valence electrons. The van der Waals surface area contributed by atoms with E-state index in [0.29, 0.717) is 48.6 Å². The average molecular weight is 432 g/mol. The van der Waals surface area contributed by atoms with Crippen molar-refractivity contribution in [3.8, 4) is 0 Å². The summed E-state index contributed by atoms with van der Waals surface area (Å²) < 4.78 is 5.69. The van der Waals surface area contributed by atoms with Crippen molar-refractivity contribution in [3.63, 3.8) is 0 Å². The molecule has 0 saturated carbocycles. The summed E-state index contributed by atoms with van der Waals surface area (Å²) in [5, 5.41) is 1.04. The fourth-order valence-corrected chi connectivity index (χ4v) is 3.54. The van der Waals surface area contributed by atoms with E-state index in [4.69, 9.17) is 33.7 Å². The van der Waals surface area contributed by atoms with Gasteiger partial charge in [0.15, 0.2) is 0 Å². The summed E-state index contributed by atoms with van der Waals surface area (Å²) in [7, 11) is 0. The molecule has 1 amide bonds. The number of ether oxygens (including phenoxy) is 1. The molecule has 2 aliphatic rings. The molecule has 0 aromatic carbocycles. The Morgan fingerprint density at radius 3 is 2.48 bits per heavy atom. The van der Waals surface area contributed by atoms with Crippen molar-refractivity contribution in [1.29, 1.82) is 0 Å². The number of nitrogens with two attached hydrogens (primary N) is 1. The summed E-state index contributed by atoms with van der Waals surface area (Å²) in [5.41, 5.74) is 5.60. The largest absolute Gasteiger partial charge is 0.364 e. The molecular weight excluding hydrogens is 410 g/mol. The number of aromatic nitrogens is 1. The van der Waals surface area contributed by atoms with Crippen LogP contribution in [0, 0.1) is 0 Å². The average Bonchev–Trinajstić information content (AvgIpc) is 3.03. The Balaban J connectivity index is 0.00000156. The van der Waals surface area contributed by atoms with Crippen LogP contribution in [0.2, 0.25) is 10.0 Å². The summed E-state index contributed by atoms with van der Waals surface area (Å²) in [6.07, 6.45) is 2.87. The van der Waals surface area contributed by atoms with Gasteiger partial charge in [0.05, 0.1) is 16.1 Å².